The number of hydrogen-bond acceptors (Lipinski definition) is 4. The number of nitrogens with one attached hydrogen (secondary N) is 1. The molecule has 0 bridgehead atoms. The maximum absolute atomic E-state index is 11.4. The minimum absolute atomic E-state index is 0.305. The molecule has 0 aliphatic rings. The molecule has 2 aromatic rings. The summed E-state index contributed by atoms with van der Waals surface area (Å²) in [7, 11) is 0. The minimum Gasteiger partial charge on any atom is -0.477 e. The molecule has 2 N–H and O–H groups in total. The number of aromatic carboxylic acids is 1. The number of carbonyl (C=O) groups is 1. The van der Waals surface area contributed by atoms with Crippen LogP contribution in [0.2, 0.25) is 0 Å². The molecule has 6 nitrogen and oxygen atoms in total. The van der Waals surface area contributed by atoms with Crippen molar-refractivity contribution in [2.45, 2.75) is 13.3 Å². The smallest absolute Gasteiger partial charge is 0.341 e. The number of aromatic amines is 1. The highest BCUT2D eigenvalue weighted by atomic mass is 16.4. The van der Waals surface area contributed by atoms with Crippen LogP contribution in [0.25, 0.3) is 11.0 Å². The SMILES string of the molecule is CCc1ncc2cc(C(=O)O)c(=O)[nH]c2n1. The van der Waals surface area contributed by atoms with Crippen molar-refractivity contribution in [3.8, 4) is 0 Å². The lowest BCUT2D eigenvalue weighted by atomic mass is 10.2. The highest BCUT2D eigenvalue weighted by Crippen LogP contribution is 2.07. The Morgan fingerprint density at radius 3 is 2.94 bits per heavy atom. The molecule has 0 unspecified atom stereocenters. The Hall–Kier alpha value is -2.24. The Bertz CT molecular complexity index is 618. The molecule has 82 valence electrons. The second kappa shape index (κ2) is 3.73. The second-order valence-electron chi connectivity index (χ2n) is 3.26. The lowest BCUT2D eigenvalue weighted by molar-refractivity contribution is 0.0695. The molecule has 0 aromatic carbocycles. The fourth-order valence-corrected chi connectivity index (χ4v) is 1.36. The van der Waals surface area contributed by atoms with Gasteiger partial charge in [0.1, 0.15) is 17.0 Å². The quantitative estimate of drug-likeness (QED) is 0.770. The summed E-state index contributed by atoms with van der Waals surface area (Å²) in [4.78, 5) is 32.7. The Morgan fingerprint density at radius 2 is 2.31 bits per heavy atom. The molecular formula is C10H9N3O3. The normalized spacial score (nSPS) is 10.6. The molecular weight excluding hydrogens is 210 g/mol. The van der Waals surface area contributed by atoms with E-state index in [0.29, 0.717) is 23.3 Å². The van der Waals surface area contributed by atoms with Crippen LogP contribution >= 0.6 is 0 Å². The molecule has 0 spiro atoms. The zero-order valence-electron chi connectivity index (χ0n) is 8.52. The van der Waals surface area contributed by atoms with Crippen LogP contribution in [0.4, 0.5) is 0 Å². The molecule has 0 fully saturated rings. The van der Waals surface area contributed by atoms with Gasteiger partial charge in [0.15, 0.2) is 0 Å². The van der Waals surface area contributed by atoms with E-state index in [9.17, 15) is 9.59 Å². The zero-order chi connectivity index (χ0) is 11.7. The first-order valence-electron chi connectivity index (χ1n) is 4.74. The van der Waals surface area contributed by atoms with E-state index in [4.69, 9.17) is 5.11 Å². The Balaban J connectivity index is 2.74. The van der Waals surface area contributed by atoms with E-state index in [2.05, 4.69) is 15.0 Å². The van der Waals surface area contributed by atoms with E-state index < -0.39 is 11.5 Å². The monoisotopic (exact) mass is 219 g/mol. The van der Waals surface area contributed by atoms with Gasteiger partial charge in [0.05, 0.1) is 0 Å². The van der Waals surface area contributed by atoms with Crippen LogP contribution in [0.1, 0.15) is 23.1 Å². The van der Waals surface area contributed by atoms with E-state index >= 15 is 0 Å². The Labute approximate surface area is 90.0 Å². The molecule has 0 radical (unpaired) electrons. The van der Waals surface area contributed by atoms with Crippen LogP contribution < -0.4 is 5.56 Å². The average Bonchev–Trinajstić information content (AvgIpc) is 2.27. The third-order valence-electron chi connectivity index (χ3n) is 2.19. The third-order valence-corrected chi connectivity index (χ3v) is 2.19. The number of pyridine rings is 1. The van der Waals surface area contributed by atoms with Crippen molar-refractivity contribution in [2.75, 3.05) is 0 Å². The second-order valence-corrected chi connectivity index (χ2v) is 3.26. The molecule has 2 heterocycles. The molecule has 0 saturated heterocycles. The van der Waals surface area contributed by atoms with Crippen LogP contribution in [0, 0.1) is 0 Å². The minimum atomic E-state index is -1.26. The fourth-order valence-electron chi connectivity index (χ4n) is 1.36. The molecule has 2 aromatic heterocycles. The molecule has 0 aliphatic heterocycles. The summed E-state index contributed by atoms with van der Waals surface area (Å²) < 4.78 is 0. The Morgan fingerprint density at radius 1 is 1.56 bits per heavy atom. The predicted octanol–water partition coefficient (Wildman–Crippen LogP) is 0.579. The number of aromatic nitrogens is 3. The van der Waals surface area contributed by atoms with Crippen LogP contribution in [0.15, 0.2) is 17.1 Å². The molecule has 6 heteroatoms. The summed E-state index contributed by atoms with van der Waals surface area (Å²) >= 11 is 0. The van der Waals surface area contributed by atoms with Crippen molar-refractivity contribution in [2.24, 2.45) is 0 Å². The van der Waals surface area contributed by atoms with Crippen LogP contribution in [0.5, 0.6) is 0 Å². The van der Waals surface area contributed by atoms with Crippen LogP contribution in [-0.2, 0) is 6.42 Å². The van der Waals surface area contributed by atoms with Gasteiger partial charge in [-0.2, -0.15) is 0 Å². The molecule has 16 heavy (non-hydrogen) atoms. The first kappa shape index (κ1) is 10.3. The van der Waals surface area contributed by atoms with Gasteiger partial charge in [0.25, 0.3) is 5.56 Å². The van der Waals surface area contributed by atoms with E-state index in [0.717, 1.165) is 0 Å². The lowest BCUT2D eigenvalue weighted by Gasteiger charge is -2.00. The first-order chi connectivity index (χ1) is 7.61. The van der Waals surface area contributed by atoms with Crippen molar-refractivity contribution in [3.63, 3.8) is 0 Å². The number of carboxylic acid groups (broad SMARTS) is 1. The lowest BCUT2D eigenvalue weighted by Crippen LogP contribution is -2.17. The molecule has 0 aliphatic carbocycles. The summed E-state index contributed by atoms with van der Waals surface area (Å²) in [6.07, 6.45) is 2.15. The summed E-state index contributed by atoms with van der Waals surface area (Å²) in [5.74, 6) is -0.658. The largest absolute Gasteiger partial charge is 0.477 e. The Kier molecular flexibility index (Phi) is 2.40. The third kappa shape index (κ3) is 1.65. The van der Waals surface area contributed by atoms with Gasteiger partial charge in [-0.25, -0.2) is 14.8 Å². The van der Waals surface area contributed by atoms with Gasteiger partial charge in [0.2, 0.25) is 0 Å². The zero-order valence-corrected chi connectivity index (χ0v) is 8.52. The number of carboxylic acids is 1. The number of H-pyrrole nitrogens is 1. The van der Waals surface area contributed by atoms with E-state index in [1.54, 1.807) is 0 Å². The predicted molar refractivity (Wildman–Crippen MR) is 56.5 cm³/mol. The summed E-state index contributed by atoms with van der Waals surface area (Å²) in [5.41, 5.74) is -0.594. The van der Waals surface area contributed by atoms with Crippen LogP contribution in [0.3, 0.4) is 0 Å². The molecule has 0 amide bonds. The standard InChI is InChI=1S/C10H9N3O3/c1-2-7-11-4-5-3-6(10(15)16)9(14)13-8(5)12-7/h3-4H,2H2,1H3,(H,15,16)(H,11,12,13,14). The maximum Gasteiger partial charge on any atom is 0.341 e. The van der Waals surface area contributed by atoms with Gasteiger partial charge < -0.3 is 10.1 Å². The number of rotatable bonds is 2. The summed E-state index contributed by atoms with van der Waals surface area (Å²) in [6.45, 7) is 1.89. The topological polar surface area (TPSA) is 95.9 Å². The molecule has 2 rings (SSSR count). The highest BCUT2D eigenvalue weighted by molar-refractivity contribution is 5.91. The number of hydrogen-bond donors (Lipinski definition) is 2. The number of fused-ring (bicyclic) bond motifs is 1. The summed E-state index contributed by atoms with van der Waals surface area (Å²) in [6, 6.07) is 1.27. The first-order valence-corrected chi connectivity index (χ1v) is 4.74. The number of aryl methyl sites for hydroxylation is 1. The maximum atomic E-state index is 11.4. The van der Waals surface area contributed by atoms with Crippen molar-refractivity contribution in [1.29, 1.82) is 0 Å². The van der Waals surface area contributed by atoms with Gasteiger partial charge in [-0.05, 0) is 6.07 Å². The van der Waals surface area contributed by atoms with Gasteiger partial charge >= 0.3 is 5.97 Å². The van der Waals surface area contributed by atoms with E-state index in [-0.39, 0.29) is 5.56 Å². The van der Waals surface area contributed by atoms with Crippen molar-refractivity contribution in [1.82, 2.24) is 15.0 Å². The van der Waals surface area contributed by atoms with Crippen molar-refractivity contribution in [3.05, 3.63) is 34.0 Å². The van der Waals surface area contributed by atoms with Crippen molar-refractivity contribution >= 4 is 17.0 Å². The summed E-state index contributed by atoms with van der Waals surface area (Å²) in [5, 5.41) is 9.27. The van der Waals surface area contributed by atoms with Gasteiger partial charge in [0, 0.05) is 18.0 Å². The highest BCUT2D eigenvalue weighted by Gasteiger charge is 2.10. The van der Waals surface area contributed by atoms with E-state index in [1.165, 1.54) is 12.3 Å². The van der Waals surface area contributed by atoms with Gasteiger partial charge in [-0.3, -0.25) is 4.79 Å². The van der Waals surface area contributed by atoms with E-state index in [1.807, 2.05) is 6.92 Å². The fraction of sp³-hybridized carbons (Fsp3) is 0.200. The van der Waals surface area contributed by atoms with Gasteiger partial charge in [-0.15, -0.1) is 0 Å². The number of nitrogens with zero attached hydrogens (tertiary/aromatic N) is 2. The van der Waals surface area contributed by atoms with Crippen LogP contribution in [-0.4, -0.2) is 26.0 Å². The molecule has 0 atom stereocenters. The van der Waals surface area contributed by atoms with Gasteiger partial charge in [-0.1, -0.05) is 6.92 Å². The average molecular weight is 219 g/mol. The molecule has 0 saturated carbocycles. The van der Waals surface area contributed by atoms with Crippen molar-refractivity contribution < 1.29 is 9.90 Å².